The molecule has 100 valence electrons. The van der Waals surface area contributed by atoms with Gasteiger partial charge in [0, 0.05) is 10.0 Å². The summed E-state index contributed by atoms with van der Waals surface area (Å²) in [5, 5.41) is 9.05. The zero-order chi connectivity index (χ0) is 14.5. The molecule has 0 heterocycles. The van der Waals surface area contributed by atoms with Gasteiger partial charge in [-0.25, -0.2) is 0 Å². The van der Waals surface area contributed by atoms with Gasteiger partial charge in [-0.1, -0.05) is 39.7 Å². The average Bonchev–Trinajstić information content (AvgIpc) is 2.45. The minimum atomic E-state index is -0.147. The monoisotopic (exact) mass is 349 g/mol. The maximum atomic E-state index is 12.0. The van der Waals surface area contributed by atoms with Crippen LogP contribution in [0.5, 0.6) is 5.75 Å². The highest BCUT2D eigenvalue weighted by molar-refractivity contribution is 9.10. The number of benzene rings is 2. The molecule has 0 aromatic heterocycles. The van der Waals surface area contributed by atoms with Crippen LogP contribution < -0.4 is 4.74 Å². The molecule has 0 amide bonds. The lowest BCUT2D eigenvalue weighted by atomic mass is 10.1. The van der Waals surface area contributed by atoms with Crippen molar-refractivity contribution < 1.29 is 9.53 Å². The van der Waals surface area contributed by atoms with E-state index < -0.39 is 0 Å². The van der Waals surface area contributed by atoms with Gasteiger partial charge in [-0.15, -0.1) is 0 Å². The van der Waals surface area contributed by atoms with Gasteiger partial charge >= 0.3 is 0 Å². The first-order valence-electron chi connectivity index (χ1n) is 5.71. The van der Waals surface area contributed by atoms with E-state index in [0.717, 1.165) is 4.47 Å². The molecule has 0 aliphatic carbocycles. The second-order valence-electron chi connectivity index (χ2n) is 3.98. The van der Waals surface area contributed by atoms with Crippen LogP contribution in [-0.4, -0.2) is 12.4 Å². The van der Waals surface area contributed by atoms with E-state index in [0.29, 0.717) is 21.9 Å². The van der Waals surface area contributed by atoms with Crippen LogP contribution in [0.25, 0.3) is 0 Å². The molecule has 0 saturated carbocycles. The van der Waals surface area contributed by atoms with Gasteiger partial charge in [-0.3, -0.25) is 4.79 Å². The van der Waals surface area contributed by atoms with E-state index in [4.69, 9.17) is 21.6 Å². The summed E-state index contributed by atoms with van der Waals surface area (Å²) in [5.41, 5.74) is 1.00. The van der Waals surface area contributed by atoms with Crippen molar-refractivity contribution in [2.45, 2.75) is 0 Å². The van der Waals surface area contributed by atoms with E-state index in [9.17, 15) is 4.79 Å². The van der Waals surface area contributed by atoms with Gasteiger partial charge in [0.05, 0.1) is 16.7 Å². The van der Waals surface area contributed by atoms with Crippen molar-refractivity contribution in [2.24, 2.45) is 0 Å². The number of carbonyl (C=O) groups excluding carboxylic acids is 1. The highest BCUT2D eigenvalue weighted by atomic mass is 79.9. The van der Waals surface area contributed by atoms with E-state index in [2.05, 4.69) is 15.9 Å². The number of carbonyl (C=O) groups is 1. The number of ether oxygens (including phenoxy) is 1. The number of Topliss-reactive ketones (excluding diaryl/α,β-unsaturated/α-hetero) is 1. The maximum Gasteiger partial charge on any atom is 0.200 e. The molecule has 2 aromatic rings. The summed E-state index contributed by atoms with van der Waals surface area (Å²) in [4.78, 5) is 12.0. The van der Waals surface area contributed by atoms with Crippen LogP contribution in [0.3, 0.4) is 0 Å². The van der Waals surface area contributed by atoms with Crippen LogP contribution in [0.1, 0.15) is 15.9 Å². The number of rotatable bonds is 4. The standard InChI is InChI=1S/C15H9BrClNO2/c16-12-3-1-2-11(7-12)14(19)9-20-15-5-4-10(8-18)6-13(15)17/h1-7H,9H2. The van der Waals surface area contributed by atoms with Gasteiger partial charge in [0.25, 0.3) is 0 Å². The molecule has 0 spiro atoms. The minimum absolute atomic E-state index is 0.109. The Kier molecular flexibility index (Phi) is 4.78. The summed E-state index contributed by atoms with van der Waals surface area (Å²) in [5.74, 6) is 0.237. The van der Waals surface area contributed by atoms with Crippen LogP contribution in [0.2, 0.25) is 5.02 Å². The Balaban J connectivity index is 2.06. The van der Waals surface area contributed by atoms with Gasteiger partial charge in [0.2, 0.25) is 0 Å². The summed E-state index contributed by atoms with van der Waals surface area (Å²) < 4.78 is 6.22. The lowest BCUT2D eigenvalue weighted by Crippen LogP contribution is -2.11. The minimum Gasteiger partial charge on any atom is -0.484 e. The fourth-order valence-corrected chi connectivity index (χ4v) is 2.21. The van der Waals surface area contributed by atoms with E-state index >= 15 is 0 Å². The number of nitrogens with zero attached hydrogens (tertiary/aromatic N) is 1. The Morgan fingerprint density at radius 3 is 2.75 bits per heavy atom. The van der Waals surface area contributed by atoms with Gasteiger partial charge in [0.1, 0.15) is 5.75 Å². The third-order valence-corrected chi connectivity index (χ3v) is 3.35. The molecule has 2 aromatic carbocycles. The molecule has 0 aliphatic rings. The lowest BCUT2D eigenvalue weighted by molar-refractivity contribution is 0.0921. The van der Waals surface area contributed by atoms with Crippen LogP contribution in [-0.2, 0) is 0 Å². The van der Waals surface area contributed by atoms with Crippen molar-refractivity contribution in [3.05, 3.63) is 63.1 Å². The number of halogens is 2. The van der Waals surface area contributed by atoms with Gasteiger partial charge in [0.15, 0.2) is 12.4 Å². The fraction of sp³-hybridized carbons (Fsp3) is 0.0667. The Hall–Kier alpha value is -1.83. The van der Waals surface area contributed by atoms with Crippen LogP contribution in [0, 0.1) is 11.3 Å². The molecule has 0 radical (unpaired) electrons. The third-order valence-electron chi connectivity index (χ3n) is 2.57. The second kappa shape index (κ2) is 6.56. The van der Waals surface area contributed by atoms with E-state index in [1.54, 1.807) is 30.3 Å². The summed E-state index contributed by atoms with van der Waals surface area (Å²) in [6.45, 7) is -0.109. The van der Waals surface area contributed by atoms with E-state index in [1.807, 2.05) is 12.1 Å². The summed E-state index contributed by atoms with van der Waals surface area (Å²) in [6, 6.07) is 13.7. The van der Waals surface area contributed by atoms with Crippen molar-refractivity contribution in [2.75, 3.05) is 6.61 Å². The van der Waals surface area contributed by atoms with E-state index in [-0.39, 0.29) is 12.4 Å². The number of nitriles is 1. The van der Waals surface area contributed by atoms with Crippen LogP contribution in [0.4, 0.5) is 0 Å². The highest BCUT2D eigenvalue weighted by Gasteiger charge is 2.09. The van der Waals surface area contributed by atoms with Crippen molar-refractivity contribution in [3.63, 3.8) is 0 Å². The Labute approximate surface area is 129 Å². The zero-order valence-electron chi connectivity index (χ0n) is 10.3. The largest absolute Gasteiger partial charge is 0.484 e. The highest BCUT2D eigenvalue weighted by Crippen LogP contribution is 2.25. The smallest absolute Gasteiger partial charge is 0.200 e. The van der Waals surface area contributed by atoms with Crippen molar-refractivity contribution in [1.29, 1.82) is 5.26 Å². The maximum absolute atomic E-state index is 12.0. The molecular formula is C15H9BrClNO2. The van der Waals surface area contributed by atoms with Crippen molar-refractivity contribution >= 4 is 33.3 Å². The van der Waals surface area contributed by atoms with Gasteiger partial charge in [-0.05, 0) is 30.3 Å². The van der Waals surface area contributed by atoms with Crippen LogP contribution >= 0.6 is 27.5 Å². The van der Waals surface area contributed by atoms with E-state index in [1.165, 1.54) is 6.07 Å². The normalized spacial score (nSPS) is 9.85. The SMILES string of the molecule is N#Cc1ccc(OCC(=O)c2cccc(Br)c2)c(Cl)c1. The molecule has 0 atom stereocenters. The number of hydrogen-bond donors (Lipinski definition) is 0. The molecular weight excluding hydrogens is 342 g/mol. The lowest BCUT2D eigenvalue weighted by Gasteiger charge is -2.07. The molecule has 0 aliphatic heterocycles. The molecule has 0 N–H and O–H groups in total. The molecule has 3 nitrogen and oxygen atoms in total. The molecule has 5 heteroatoms. The first-order valence-corrected chi connectivity index (χ1v) is 6.88. The number of hydrogen-bond acceptors (Lipinski definition) is 3. The number of ketones is 1. The Morgan fingerprint density at radius 1 is 1.30 bits per heavy atom. The third kappa shape index (κ3) is 3.60. The molecule has 0 saturated heterocycles. The Bertz CT molecular complexity index is 695. The summed E-state index contributed by atoms with van der Waals surface area (Å²) in [7, 11) is 0. The van der Waals surface area contributed by atoms with Crippen molar-refractivity contribution in [1.82, 2.24) is 0 Å². The Morgan fingerprint density at radius 2 is 2.10 bits per heavy atom. The quantitative estimate of drug-likeness (QED) is 0.775. The zero-order valence-corrected chi connectivity index (χ0v) is 12.6. The summed E-state index contributed by atoms with van der Waals surface area (Å²) in [6.07, 6.45) is 0. The molecule has 0 unspecified atom stereocenters. The predicted molar refractivity (Wildman–Crippen MR) is 80.1 cm³/mol. The first-order chi connectivity index (χ1) is 9.60. The van der Waals surface area contributed by atoms with Crippen LogP contribution in [0.15, 0.2) is 46.9 Å². The molecule has 0 bridgehead atoms. The fourth-order valence-electron chi connectivity index (χ4n) is 1.58. The van der Waals surface area contributed by atoms with Crippen molar-refractivity contribution in [3.8, 4) is 11.8 Å². The second-order valence-corrected chi connectivity index (χ2v) is 5.30. The van der Waals surface area contributed by atoms with Gasteiger partial charge < -0.3 is 4.74 Å². The first kappa shape index (κ1) is 14.6. The molecule has 20 heavy (non-hydrogen) atoms. The average molecular weight is 351 g/mol. The topological polar surface area (TPSA) is 50.1 Å². The van der Waals surface area contributed by atoms with Gasteiger partial charge in [-0.2, -0.15) is 5.26 Å². The summed E-state index contributed by atoms with van der Waals surface area (Å²) >= 11 is 9.28. The molecule has 2 rings (SSSR count). The molecule has 0 fully saturated rings. The predicted octanol–water partition coefficient (Wildman–Crippen LogP) is 4.24.